The van der Waals surface area contributed by atoms with Gasteiger partial charge in [-0.25, -0.2) is 23.5 Å². The van der Waals surface area contributed by atoms with Gasteiger partial charge in [-0.05, 0) is 36.1 Å². The number of rotatable bonds is 1. The van der Waals surface area contributed by atoms with Gasteiger partial charge in [-0.3, -0.25) is 9.59 Å². The highest BCUT2D eigenvalue weighted by molar-refractivity contribution is 6.66. The van der Waals surface area contributed by atoms with E-state index < -0.39 is 54.7 Å². The summed E-state index contributed by atoms with van der Waals surface area (Å²) in [4.78, 5) is 48.7. The molecule has 0 radical (unpaired) electrons. The zero-order chi connectivity index (χ0) is 25.8. The average Bonchev–Trinajstić information content (AvgIpc) is 3.04. The van der Waals surface area contributed by atoms with Crippen molar-refractivity contribution in [3.05, 3.63) is 71.5 Å². The number of carbonyl (C=O) groups excluding carboxylic acids is 2. The normalized spacial score (nSPS) is 30.1. The third-order valence-electron chi connectivity index (χ3n) is 7.34. The summed E-state index contributed by atoms with van der Waals surface area (Å²) < 4.78 is 3.46. The molecule has 2 aliphatic carbocycles. The number of nitrogens with zero attached hydrogens (tertiary/aromatic N) is 3. The molecular formula is C23H19Cl4N3O5. The minimum absolute atomic E-state index is 0.0437. The Labute approximate surface area is 218 Å². The van der Waals surface area contributed by atoms with Crippen LogP contribution in [0.2, 0.25) is 0 Å². The van der Waals surface area contributed by atoms with Gasteiger partial charge >= 0.3 is 11.4 Å². The Bertz CT molecular complexity index is 1520. The van der Waals surface area contributed by atoms with Crippen molar-refractivity contribution >= 4 is 58.0 Å². The SMILES string of the molecule is Cc1cc([C@H]2C3=CCn4c(=O)n(C)c(=O)n4[C@@H]3C[C@@]3(Cl)C(=O)C(Cl)=C(Cl)C(=O)[C@@]23Cl)cc(C)c1O. The predicted octanol–water partition coefficient (Wildman–Crippen LogP) is 3.14. The molecule has 1 aliphatic heterocycles. The number of halogens is 4. The van der Waals surface area contributed by atoms with E-state index in [0.717, 1.165) is 4.57 Å². The third-order valence-corrected chi connectivity index (χ3v) is 9.59. The number of ketones is 2. The number of aromatic hydroxyl groups is 1. The number of alkyl halides is 2. The molecule has 1 N–H and O–H groups in total. The lowest BCUT2D eigenvalue weighted by atomic mass is 9.59. The summed E-state index contributed by atoms with van der Waals surface area (Å²) in [6.07, 6.45) is 1.45. The Hall–Kier alpha value is -2.26. The van der Waals surface area contributed by atoms with E-state index >= 15 is 0 Å². The van der Waals surface area contributed by atoms with Crippen LogP contribution in [0.3, 0.4) is 0 Å². The molecule has 5 rings (SSSR count). The average molecular weight is 559 g/mol. The van der Waals surface area contributed by atoms with E-state index in [4.69, 9.17) is 46.4 Å². The fourth-order valence-corrected chi connectivity index (χ4v) is 7.13. The minimum Gasteiger partial charge on any atom is -0.507 e. The maximum Gasteiger partial charge on any atom is 0.347 e. The molecule has 0 amide bonds. The lowest BCUT2D eigenvalue weighted by Crippen LogP contribution is -2.67. The number of benzene rings is 1. The van der Waals surface area contributed by atoms with E-state index in [-0.39, 0.29) is 18.7 Å². The summed E-state index contributed by atoms with van der Waals surface area (Å²) in [6, 6.07) is 2.43. The first-order valence-electron chi connectivity index (χ1n) is 10.7. The van der Waals surface area contributed by atoms with E-state index in [1.54, 1.807) is 32.1 Å². The first-order valence-corrected chi connectivity index (χ1v) is 12.2. The van der Waals surface area contributed by atoms with Gasteiger partial charge in [0.2, 0.25) is 0 Å². The first kappa shape index (κ1) is 24.4. The van der Waals surface area contributed by atoms with Gasteiger partial charge in [-0.1, -0.05) is 41.4 Å². The van der Waals surface area contributed by atoms with Crippen molar-refractivity contribution in [2.75, 3.05) is 0 Å². The molecule has 3 aliphatic rings. The Kier molecular flexibility index (Phi) is 5.32. The van der Waals surface area contributed by atoms with Gasteiger partial charge in [0.25, 0.3) is 0 Å². The van der Waals surface area contributed by atoms with Gasteiger partial charge in [-0.2, -0.15) is 0 Å². The molecule has 1 fully saturated rings. The quantitative estimate of drug-likeness (QED) is 0.428. The molecule has 1 saturated carbocycles. The summed E-state index contributed by atoms with van der Waals surface area (Å²) in [7, 11) is 1.35. The van der Waals surface area contributed by atoms with E-state index in [9.17, 15) is 24.3 Å². The molecule has 0 bridgehead atoms. The summed E-state index contributed by atoms with van der Waals surface area (Å²) >= 11 is 26.5. The smallest absolute Gasteiger partial charge is 0.347 e. The van der Waals surface area contributed by atoms with E-state index in [1.807, 2.05) is 0 Å². The topological polar surface area (TPSA) is 103 Å². The Morgan fingerprint density at radius 3 is 2.14 bits per heavy atom. The third kappa shape index (κ3) is 2.88. The van der Waals surface area contributed by atoms with Gasteiger partial charge in [0, 0.05) is 19.4 Å². The molecule has 0 unspecified atom stereocenters. The van der Waals surface area contributed by atoms with Gasteiger partial charge in [0.05, 0.1) is 12.6 Å². The van der Waals surface area contributed by atoms with Crippen molar-refractivity contribution < 1.29 is 14.7 Å². The van der Waals surface area contributed by atoms with Crippen molar-refractivity contribution in [3.8, 4) is 5.75 Å². The predicted molar refractivity (Wildman–Crippen MR) is 132 cm³/mol. The van der Waals surface area contributed by atoms with Gasteiger partial charge in [-0.15, -0.1) is 23.2 Å². The summed E-state index contributed by atoms with van der Waals surface area (Å²) in [5.41, 5.74) is 0.939. The van der Waals surface area contributed by atoms with Crippen LogP contribution in [0.15, 0.2) is 43.4 Å². The van der Waals surface area contributed by atoms with Crippen molar-refractivity contribution in [1.29, 1.82) is 0 Å². The Morgan fingerprint density at radius 1 is 0.971 bits per heavy atom. The molecule has 35 heavy (non-hydrogen) atoms. The molecule has 2 heterocycles. The van der Waals surface area contributed by atoms with Crippen LogP contribution in [0.5, 0.6) is 5.75 Å². The molecule has 2 aromatic rings. The van der Waals surface area contributed by atoms with Gasteiger partial charge in [0.15, 0.2) is 11.6 Å². The molecular weight excluding hydrogens is 540 g/mol. The van der Waals surface area contributed by atoms with Crippen molar-refractivity contribution in [2.24, 2.45) is 7.05 Å². The van der Waals surface area contributed by atoms with E-state index in [0.29, 0.717) is 22.3 Å². The molecule has 8 nitrogen and oxygen atoms in total. The fraction of sp³-hybridized carbons (Fsp3) is 0.391. The van der Waals surface area contributed by atoms with Crippen molar-refractivity contribution in [2.45, 2.75) is 48.5 Å². The molecule has 184 valence electrons. The zero-order valence-corrected chi connectivity index (χ0v) is 21.8. The second-order valence-corrected chi connectivity index (χ2v) is 11.2. The van der Waals surface area contributed by atoms with Crippen LogP contribution in [0.25, 0.3) is 0 Å². The number of phenols is 1. The largest absolute Gasteiger partial charge is 0.507 e. The first-order chi connectivity index (χ1) is 16.3. The van der Waals surface area contributed by atoms with Gasteiger partial charge in [0.1, 0.15) is 25.6 Å². The maximum atomic E-state index is 13.7. The fourth-order valence-electron chi connectivity index (χ4n) is 5.61. The highest BCUT2D eigenvalue weighted by Gasteiger charge is 2.71. The number of aromatic nitrogens is 3. The van der Waals surface area contributed by atoms with Crippen molar-refractivity contribution in [3.63, 3.8) is 0 Å². The van der Waals surface area contributed by atoms with Crippen LogP contribution >= 0.6 is 46.4 Å². The van der Waals surface area contributed by atoms with Crippen LogP contribution in [0.4, 0.5) is 0 Å². The highest BCUT2D eigenvalue weighted by Crippen LogP contribution is 2.63. The molecule has 12 heteroatoms. The summed E-state index contributed by atoms with van der Waals surface area (Å²) in [5.74, 6) is -2.60. The molecule has 1 aromatic heterocycles. The standard InChI is InChI=1S/C23H19Cl4N3O5/c1-9-6-11(7-10(2)17(9)31)14-12-4-5-29-20(34)28(3)21(35)30(29)13(12)8-22(26)18(32)15(24)16(25)19(33)23(14,22)27/h4,6-7,13-14,31H,5,8H2,1-3H3/t13-,14+,22-,23+/m1/s1. The number of phenolic OH excluding ortho intramolecular Hbond substituents is 1. The maximum absolute atomic E-state index is 13.7. The molecule has 0 saturated heterocycles. The van der Waals surface area contributed by atoms with Crippen LogP contribution in [-0.4, -0.2) is 40.4 Å². The minimum atomic E-state index is -2.08. The Morgan fingerprint density at radius 2 is 1.54 bits per heavy atom. The zero-order valence-electron chi connectivity index (χ0n) is 18.7. The molecule has 0 spiro atoms. The second-order valence-electron chi connectivity index (χ2n) is 9.21. The molecule has 1 aromatic carbocycles. The van der Waals surface area contributed by atoms with Crippen molar-refractivity contribution in [1.82, 2.24) is 13.9 Å². The number of hydrogen-bond donors (Lipinski definition) is 1. The van der Waals surface area contributed by atoms with Crippen LogP contribution in [-0.2, 0) is 23.2 Å². The lowest BCUT2D eigenvalue weighted by molar-refractivity contribution is -0.128. The number of allylic oxidation sites excluding steroid dienone is 4. The summed E-state index contributed by atoms with van der Waals surface area (Å²) in [6.45, 7) is 3.42. The monoisotopic (exact) mass is 557 g/mol. The van der Waals surface area contributed by atoms with E-state index in [1.165, 1.54) is 16.4 Å². The highest BCUT2D eigenvalue weighted by atomic mass is 35.5. The summed E-state index contributed by atoms with van der Waals surface area (Å²) in [5, 5.41) is 9.32. The van der Waals surface area contributed by atoms with Crippen LogP contribution in [0, 0.1) is 13.8 Å². The molecule has 4 atom stereocenters. The van der Waals surface area contributed by atoms with Crippen LogP contribution in [0.1, 0.15) is 35.1 Å². The number of Topliss-reactive ketones (excluding diaryl/α,β-unsaturated/α-hetero) is 2. The number of carbonyl (C=O) groups is 2. The number of aryl methyl sites for hydroxylation is 2. The second kappa shape index (κ2) is 7.62. The van der Waals surface area contributed by atoms with Crippen LogP contribution < -0.4 is 11.4 Å². The Balaban J connectivity index is 1.88. The van der Waals surface area contributed by atoms with E-state index in [2.05, 4.69) is 0 Å². The van der Waals surface area contributed by atoms with Gasteiger partial charge < -0.3 is 5.11 Å². The number of fused-ring (bicyclic) bond motifs is 4. The lowest BCUT2D eigenvalue weighted by Gasteiger charge is -2.54. The number of hydrogen-bond acceptors (Lipinski definition) is 5.